The smallest absolute Gasteiger partial charge is 0.260 e. The van der Waals surface area contributed by atoms with Crippen LogP contribution in [0.3, 0.4) is 0 Å². The lowest BCUT2D eigenvalue weighted by Gasteiger charge is -2.08. The molecule has 0 atom stereocenters. The average Bonchev–Trinajstić information content (AvgIpc) is 3.24. The van der Waals surface area contributed by atoms with Crippen LogP contribution in [0.15, 0.2) is 83.4 Å². The van der Waals surface area contributed by atoms with E-state index in [0.717, 1.165) is 5.56 Å². The Balaban J connectivity index is 1.66. The van der Waals surface area contributed by atoms with Crippen molar-refractivity contribution in [1.82, 2.24) is 10.1 Å². The van der Waals surface area contributed by atoms with Crippen LogP contribution in [0, 0.1) is 0 Å². The second-order valence-corrected chi connectivity index (χ2v) is 5.99. The Morgan fingerprint density at radius 3 is 2.36 bits per heavy atom. The van der Waals surface area contributed by atoms with Gasteiger partial charge in [-0.3, -0.25) is 4.79 Å². The van der Waals surface area contributed by atoms with Gasteiger partial charge in [0.2, 0.25) is 5.82 Å². The van der Waals surface area contributed by atoms with E-state index in [9.17, 15) is 4.79 Å². The molecule has 0 radical (unpaired) electrons. The Bertz CT molecular complexity index is 1110. The van der Waals surface area contributed by atoms with Crippen molar-refractivity contribution in [2.75, 3.05) is 12.4 Å². The van der Waals surface area contributed by atoms with E-state index in [1.807, 2.05) is 60.7 Å². The molecule has 0 saturated heterocycles. The average molecular weight is 371 g/mol. The number of hydrogen-bond donors (Lipinski definition) is 1. The van der Waals surface area contributed by atoms with E-state index in [1.54, 1.807) is 25.3 Å². The number of anilines is 1. The normalized spacial score (nSPS) is 10.5. The number of nitrogens with zero attached hydrogens (tertiary/aromatic N) is 2. The Morgan fingerprint density at radius 1 is 0.893 bits per heavy atom. The van der Waals surface area contributed by atoms with Gasteiger partial charge in [-0.2, -0.15) is 4.98 Å². The van der Waals surface area contributed by atoms with Crippen molar-refractivity contribution in [2.24, 2.45) is 0 Å². The third-order valence-electron chi connectivity index (χ3n) is 4.22. The lowest BCUT2D eigenvalue weighted by Crippen LogP contribution is -2.12. The van der Waals surface area contributed by atoms with Crippen LogP contribution >= 0.6 is 0 Å². The standard InChI is InChI=1S/C22H17N3O3/c1-27-19-14-8-6-12-17(19)20-24-22(28-25-20)16-11-5-7-13-18(16)23-21(26)15-9-3-2-4-10-15/h2-14H,1H3,(H,23,26). The molecule has 1 heterocycles. The first-order valence-electron chi connectivity index (χ1n) is 8.69. The molecule has 138 valence electrons. The lowest BCUT2D eigenvalue weighted by atomic mass is 10.1. The number of rotatable bonds is 5. The maximum absolute atomic E-state index is 12.5. The predicted molar refractivity (Wildman–Crippen MR) is 106 cm³/mol. The van der Waals surface area contributed by atoms with Crippen molar-refractivity contribution in [3.63, 3.8) is 0 Å². The van der Waals surface area contributed by atoms with Crippen LogP contribution in [0.25, 0.3) is 22.8 Å². The Morgan fingerprint density at radius 2 is 1.57 bits per heavy atom. The third kappa shape index (κ3) is 3.48. The summed E-state index contributed by atoms with van der Waals surface area (Å²) in [5, 5.41) is 6.98. The summed E-state index contributed by atoms with van der Waals surface area (Å²) in [6.45, 7) is 0. The van der Waals surface area contributed by atoms with Crippen LogP contribution in [-0.4, -0.2) is 23.2 Å². The highest BCUT2D eigenvalue weighted by molar-refractivity contribution is 6.05. The summed E-state index contributed by atoms with van der Waals surface area (Å²) < 4.78 is 10.8. The topological polar surface area (TPSA) is 77.3 Å². The Labute approximate surface area is 161 Å². The molecule has 0 fully saturated rings. The molecule has 4 aromatic rings. The van der Waals surface area contributed by atoms with E-state index >= 15 is 0 Å². The summed E-state index contributed by atoms with van der Waals surface area (Å²) in [6.07, 6.45) is 0. The lowest BCUT2D eigenvalue weighted by molar-refractivity contribution is 0.102. The summed E-state index contributed by atoms with van der Waals surface area (Å²) >= 11 is 0. The molecule has 6 nitrogen and oxygen atoms in total. The van der Waals surface area contributed by atoms with Crippen LogP contribution in [0.1, 0.15) is 10.4 Å². The summed E-state index contributed by atoms with van der Waals surface area (Å²) in [6, 6.07) is 23.7. The van der Waals surface area contributed by atoms with Gasteiger partial charge in [0, 0.05) is 5.56 Å². The van der Waals surface area contributed by atoms with Gasteiger partial charge in [-0.1, -0.05) is 47.6 Å². The minimum absolute atomic E-state index is 0.211. The summed E-state index contributed by atoms with van der Waals surface area (Å²) in [7, 11) is 1.59. The SMILES string of the molecule is COc1ccccc1-c1noc(-c2ccccc2NC(=O)c2ccccc2)n1. The van der Waals surface area contributed by atoms with Gasteiger partial charge >= 0.3 is 0 Å². The van der Waals surface area contributed by atoms with E-state index in [2.05, 4.69) is 15.5 Å². The van der Waals surface area contributed by atoms with Gasteiger partial charge in [0.15, 0.2) is 0 Å². The first-order chi connectivity index (χ1) is 13.8. The van der Waals surface area contributed by atoms with Crippen molar-refractivity contribution < 1.29 is 14.1 Å². The number of para-hydroxylation sites is 2. The number of amides is 1. The highest BCUT2D eigenvalue weighted by atomic mass is 16.5. The van der Waals surface area contributed by atoms with E-state index in [0.29, 0.717) is 34.3 Å². The first kappa shape index (κ1) is 17.5. The van der Waals surface area contributed by atoms with Gasteiger partial charge in [-0.05, 0) is 36.4 Å². The number of ether oxygens (including phenoxy) is 1. The number of carbonyl (C=O) groups excluding carboxylic acids is 1. The number of hydrogen-bond acceptors (Lipinski definition) is 5. The molecule has 1 N–H and O–H groups in total. The predicted octanol–water partition coefficient (Wildman–Crippen LogP) is 4.66. The highest BCUT2D eigenvalue weighted by Gasteiger charge is 2.17. The number of nitrogens with one attached hydrogen (secondary N) is 1. The summed E-state index contributed by atoms with van der Waals surface area (Å²) in [5.41, 5.74) is 2.52. The highest BCUT2D eigenvalue weighted by Crippen LogP contribution is 2.31. The van der Waals surface area contributed by atoms with E-state index in [-0.39, 0.29) is 5.91 Å². The second kappa shape index (κ2) is 7.75. The molecule has 0 bridgehead atoms. The molecule has 0 aliphatic heterocycles. The fourth-order valence-corrected chi connectivity index (χ4v) is 2.83. The molecule has 0 aliphatic rings. The second-order valence-electron chi connectivity index (χ2n) is 5.99. The van der Waals surface area contributed by atoms with Crippen LogP contribution < -0.4 is 10.1 Å². The maximum atomic E-state index is 12.5. The van der Waals surface area contributed by atoms with E-state index in [4.69, 9.17) is 9.26 Å². The molecule has 28 heavy (non-hydrogen) atoms. The maximum Gasteiger partial charge on any atom is 0.260 e. The molecule has 6 heteroatoms. The van der Waals surface area contributed by atoms with Gasteiger partial charge in [-0.25, -0.2) is 0 Å². The van der Waals surface area contributed by atoms with Crippen molar-refractivity contribution in [3.8, 4) is 28.6 Å². The fraction of sp³-hybridized carbons (Fsp3) is 0.0455. The quantitative estimate of drug-likeness (QED) is 0.552. The fourth-order valence-electron chi connectivity index (χ4n) is 2.83. The van der Waals surface area contributed by atoms with Crippen molar-refractivity contribution in [2.45, 2.75) is 0 Å². The molecule has 0 aliphatic carbocycles. The number of methoxy groups -OCH3 is 1. The Kier molecular flexibility index (Phi) is 4.84. The molecule has 0 spiro atoms. The van der Waals surface area contributed by atoms with Gasteiger partial charge in [-0.15, -0.1) is 0 Å². The van der Waals surface area contributed by atoms with Crippen LogP contribution in [0.5, 0.6) is 5.75 Å². The zero-order chi connectivity index (χ0) is 19.3. The van der Waals surface area contributed by atoms with Gasteiger partial charge in [0.25, 0.3) is 11.8 Å². The first-order valence-corrected chi connectivity index (χ1v) is 8.69. The largest absolute Gasteiger partial charge is 0.496 e. The Hall–Kier alpha value is -3.93. The summed E-state index contributed by atoms with van der Waals surface area (Å²) in [5.74, 6) is 1.17. The van der Waals surface area contributed by atoms with Crippen molar-refractivity contribution in [1.29, 1.82) is 0 Å². The van der Waals surface area contributed by atoms with Crippen LogP contribution in [-0.2, 0) is 0 Å². The number of carbonyl (C=O) groups is 1. The van der Waals surface area contributed by atoms with Gasteiger partial charge in [0.1, 0.15) is 5.75 Å². The molecule has 4 rings (SSSR count). The van der Waals surface area contributed by atoms with Crippen LogP contribution in [0.2, 0.25) is 0 Å². The minimum atomic E-state index is -0.211. The molecule has 0 unspecified atom stereocenters. The van der Waals surface area contributed by atoms with Gasteiger partial charge < -0.3 is 14.6 Å². The molecule has 0 saturated carbocycles. The molecule has 1 aromatic heterocycles. The van der Waals surface area contributed by atoms with Crippen molar-refractivity contribution in [3.05, 3.63) is 84.4 Å². The zero-order valence-corrected chi connectivity index (χ0v) is 15.1. The molecule has 3 aromatic carbocycles. The van der Waals surface area contributed by atoms with Crippen molar-refractivity contribution >= 4 is 11.6 Å². The van der Waals surface area contributed by atoms with E-state index in [1.165, 1.54) is 0 Å². The molecular weight excluding hydrogens is 354 g/mol. The monoisotopic (exact) mass is 371 g/mol. The molecule has 1 amide bonds. The van der Waals surface area contributed by atoms with Gasteiger partial charge in [0.05, 0.1) is 23.9 Å². The number of aromatic nitrogens is 2. The zero-order valence-electron chi connectivity index (χ0n) is 15.1. The number of benzene rings is 3. The van der Waals surface area contributed by atoms with Crippen LogP contribution in [0.4, 0.5) is 5.69 Å². The molecular formula is C22H17N3O3. The minimum Gasteiger partial charge on any atom is -0.496 e. The van der Waals surface area contributed by atoms with E-state index < -0.39 is 0 Å². The third-order valence-corrected chi connectivity index (χ3v) is 4.22. The summed E-state index contributed by atoms with van der Waals surface area (Å²) in [4.78, 5) is 17.0.